The summed E-state index contributed by atoms with van der Waals surface area (Å²) >= 11 is 0. The predicted octanol–water partition coefficient (Wildman–Crippen LogP) is 3.11. The second-order valence-electron chi connectivity index (χ2n) is 7.24. The lowest BCUT2D eigenvalue weighted by Gasteiger charge is -2.51. The molecular formula is C15H27NO. The van der Waals surface area contributed by atoms with Crippen LogP contribution in [0.3, 0.4) is 0 Å². The summed E-state index contributed by atoms with van der Waals surface area (Å²) < 4.78 is 0. The van der Waals surface area contributed by atoms with Gasteiger partial charge in [-0.2, -0.15) is 0 Å². The van der Waals surface area contributed by atoms with Crippen molar-refractivity contribution in [1.29, 1.82) is 0 Å². The van der Waals surface area contributed by atoms with Gasteiger partial charge in [0.1, 0.15) is 5.78 Å². The van der Waals surface area contributed by atoms with Crippen molar-refractivity contribution in [2.24, 2.45) is 17.3 Å². The molecule has 2 saturated heterocycles. The number of carbonyl (C=O) groups excluding carboxylic acids is 1. The van der Waals surface area contributed by atoms with Gasteiger partial charge in [0.15, 0.2) is 0 Å². The summed E-state index contributed by atoms with van der Waals surface area (Å²) in [6, 6.07) is 1.30. The van der Waals surface area contributed by atoms with Crippen molar-refractivity contribution < 1.29 is 4.79 Å². The Balaban J connectivity index is 2.10. The summed E-state index contributed by atoms with van der Waals surface area (Å²) in [5.74, 6) is 1.45. The average molecular weight is 237 g/mol. The lowest BCUT2D eigenvalue weighted by atomic mass is 9.66. The first-order chi connectivity index (χ1) is 7.80. The molecule has 3 rings (SSSR count). The molecule has 0 aromatic carbocycles. The summed E-state index contributed by atoms with van der Waals surface area (Å²) in [4.78, 5) is 15.1. The Kier molecular flexibility index (Phi) is 3.37. The molecule has 1 saturated carbocycles. The Morgan fingerprint density at radius 3 is 2.29 bits per heavy atom. The molecule has 3 aliphatic rings. The van der Waals surface area contributed by atoms with Crippen LogP contribution in [-0.2, 0) is 4.79 Å². The molecule has 0 amide bonds. The molecule has 98 valence electrons. The van der Waals surface area contributed by atoms with Crippen LogP contribution in [0.25, 0.3) is 0 Å². The van der Waals surface area contributed by atoms with Crippen molar-refractivity contribution in [2.45, 2.75) is 66.0 Å². The molecule has 1 aliphatic carbocycles. The number of carbonyl (C=O) groups is 1. The molecule has 2 nitrogen and oxygen atoms in total. The minimum atomic E-state index is -0.162. The predicted molar refractivity (Wildman–Crippen MR) is 70.9 cm³/mol. The average Bonchev–Trinajstić information content (AvgIpc) is 2.27. The van der Waals surface area contributed by atoms with E-state index in [2.05, 4.69) is 39.5 Å². The van der Waals surface area contributed by atoms with Gasteiger partial charge in [-0.3, -0.25) is 9.69 Å². The van der Waals surface area contributed by atoms with Crippen molar-refractivity contribution in [3.8, 4) is 0 Å². The van der Waals surface area contributed by atoms with Crippen LogP contribution in [0.2, 0.25) is 0 Å². The highest BCUT2D eigenvalue weighted by atomic mass is 16.1. The molecule has 3 fully saturated rings. The van der Waals surface area contributed by atoms with E-state index in [-0.39, 0.29) is 5.41 Å². The number of nitrogens with zero attached hydrogens (tertiary/aromatic N) is 1. The fourth-order valence-corrected chi connectivity index (χ4v) is 3.66. The molecule has 2 heteroatoms. The van der Waals surface area contributed by atoms with Crippen LogP contribution in [0.5, 0.6) is 0 Å². The molecule has 0 aromatic heterocycles. The van der Waals surface area contributed by atoms with E-state index in [0.29, 0.717) is 29.7 Å². The fourth-order valence-electron chi connectivity index (χ4n) is 3.66. The molecule has 2 bridgehead atoms. The standard InChI is InChI=1S/C15H27NO/c1-10(2)16-9-11-6-7-12(16)8-13(11)14(17)15(3,4)5/h10-13H,6-9H2,1-5H3. The van der Waals surface area contributed by atoms with Gasteiger partial charge < -0.3 is 0 Å². The zero-order valence-electron chi connectivity index (χ0n) is 12.0. The van der Waals surface area contributed by atoms with Gasteiger partial charge in [0, 0.05) is 30.0 Å². The summed E-state index contributed by atoms with van der Waals surface area (Å²) in [6.07, 6.45) is 3.68. The maximum Gasteiger partial charge on any atom is 0.141 e. The molecule has 3 atom stereocenters. The molecule has 0 radical (unpaired) electrons. The van der Waals surface area contributed by atoms with Crippen LogP contribution in [-0.4, -0.2) is 29.3 Å². The smallest absolute Gasteiger partial charge is 0.141 e. The van der Waals surface area contributed by atoms with Crippen molar-refractivity contribution in [1.82, 2.24) is 4.90 Å². The third-order valence-electron chi connectivity index (χ3n) is 4.62. The van der Waals surface area contributed by atoms with E-state index in [9.17, 15) is 4.79 Å². The molecule has 0 N–H and O–H groups in total. The van der Waals surface area contributed by atoms with Crippen molar-refractivity contribution in [2.75, 3.05) is 6.54 Å². The normalized spacial score (nSPS) is 34.4. The van der Waals surface area contributed by atoms with E-state index < -0.39 is 0 Å². The number of rotatable bonds is 2. The minimum Gasteiger partial charge on any atom is -0.299 e. The van der Waals surface area contributed by atoms with Crippen LogP contribution in [0.15, 0.2) is 0 Å². The van der Waals surface area contributed by atoms with Gasteiger partial charge in [0.2, 0.25) is 0 Å². The Morgan fingerprint density at radius 2 is 1.88 bits per heavy atom. The van der Waals surface area contributed by atoms with Gasteiger partial charge in [-0.1, -0.05) is 20.8 Å². The molecular weight excluding hydrogens is 210 g/mol. The van der Waals surface area contributed by atoms with Crippen molar-refractivity contribution >= 4 is 5.78 Å². The molecule has 2 heterocycles. The van der Waals surface area contributed by atoms with Gasteiger partial charge in [-0.25, -0.2) is 0 Å². The summed E-state index contributed by atoms with van der Waals surface area (Å²) in [7, 11) is 0. The summed E-state index contributed by atoms with van der Waals surface area (Å²) in [5.41, 5.74) is -0.162. The van der Waals surface area contributed by atoms with Gasteiger partial charge in [0.25, 0.3) is 0 Å². The summed E-state index contributed by atoms with van der Waals surface area (Å²) in [5, 5.41) is 0. The van der Waals surface area contributed by atoms with Crippen LogP contribution in [0.1, 0.15) is 53.9 Å². The first kappa shape index (κ1) is 13.1. The highest BCUT2D eigenvalue weighted by molar-refractivity contribution is 5.86. The highest BCUT2D eigenvalue weighted by Gasteiger charge is 2.46. The lowest BCUT2D eigenvalue weighted by molar-refractivity contribution is -0.138. The van der Waals surface area contributed by atoms with Crippen LogP contribution < -0.4 is 0 Å². The number of piperidine rings is 2. The first-order valence-electron chi connectivity index (χ1n) is 7.10. The zero-order chi connectivity index (χ0) is 12.8. The van der Waals surface area contributed by atoms with Crippen LogP contribution >= 0.6 is 0 Å². The van der Waals surface area contributed by atoms with Gasteiger partial charge >= 0.3 is 0 Å². The molecule has 0 spiro atoms. The van der Waals surface area contributed by atoms with E-state index in [4.69, 9.17) is 0 Å². The Hall–Kier alpha value is -0.370. The second kappa shape index (κ2) is 4.38. The second-order valence-corrected chi connectivity index (χ2v) is 7.24. The van der Waals surface area contributed by atoms with Crippen LogP contribution in [0, 0.1) is 17.3 Å². The largest absolute Gasteiger partial charge is 0.299 e. The number of hydrogen-bond acceptors (Lipinski definition) is 2. The number of hydrogen-bond donors (Lipinski definition) is 0. The maximum absolute atomic E-state index is 12.5. The molecule has 2 aliphatic heterocycles. The van der Waals surface area contributed by atoms with E-state index in [1.807, 2.05) is 0 Å². The van der Waals surface area contributed by atoms with Crippen molar-refractivity contribution in [3.63, 3.8) is 0 Å². The SMILES string of the molecule is CC(C)N1CC2CCC1CC2C(=O)C(C)(C)C. The topological polar surface area (TPSA) is 20.3 Å². The highest BCUT2D eigenvalue weighted by Crippen LogP contribution is 2.43. The Labute approximate surface area is 106 Å². The third-order valence-corrected chi connectivity index (χ3v) is 4.62. The van der Waals surface area contributed by atoms with E-state index in [0.717, 1.165) is 13.0 Å². The van der Waals surface area contributed by atoms with E-state index >= 15 is 0 Å². The number of ketones is 1. The quantitative estimate of drug-likeness (QED) is 0.735. The van der Waals surface area contributed by atoms with Gasteiger partial charge in [0.05, 0.1) is 0 Å². The monoisotopic (exact) mass is 237 g/mol. The zero-order valence-corrected chi connectivity index (χ0v) is 12.0. The van der Waals surface area contributed by atoms with Crippen LogP contribution in [0.4, 0.5) is 0 Å². The van der Waals surface area contributed by atoms with E-state index in [1.54, 1.807) is 0 Å². The maximum atomic E-state index is 12.5. The minimum absolute atomic E-state index is 0.162. The Bertz CT molecular complexity index is 303. The fraction of sp³-hybridized carbons (Fsp3) is 0.933. The third kappa shape index (κ3) is 2.42. The number of Topliss-reactive ketones (excluding diaryl/α,β-unsaturated/α-hetero) is 1. The summed E-state index contributed by atoms with van der Waals surface area (Å²) in [6.45, 7) is 11.9. The Morgan fingerprint density at radius 1 is 1.24 bits per heavy atom. The molecule has 17 heavy (non-hydrogen) atoms. The lowest BCUT2D eigenvalue weighted by Crippen LogP contribution is -2.56. The van der Waals surface area contributed by atoms with E-state index in [1.165, 1.54) is 12.8 Å². The van der Waals surface area contributed by atoms with Gasteiger partial charge in [-0.05, 0) is 39.0 Å². The number of fused-ring (bicyclic) bond motifs is 3. The van der Waals surface area contributed by atoms with Gasteiger partial charge in [-0.15, -0.1) is 0 Å². The molecule has 3 unspecified atom stereocenters. The first-order valence-corrected chi connectivity index (χ1v) is 7.10. The molecule has 0 aromatic rings. The van der Waals surface area contributed by atoms with Crippen molar-refractivity contribution in [3.05, 3.63) is 0 Å².